The second kappa shape index (κ2) is 9.86. The van der Waals surface area contributed by atoms with E-state index < -0.39 is 11.9 Å². The van der Waals surface area contributed by atoms with Crippen molar-refractivity contribution in [3.8, 4) is 11.3 Å². The average Bonchev–Trinajstić information content (AvgIpc) is 3.46. The fourth-order valence-corrected chi connectivity index (χ4v) is 5.31. The molecule has 6 nitrogen and oxygen atoms in total. The van der Waals surface area contributed by atoms with Gasteiger partial charge in [0.15, 0.2) is 5.13 Å². The van der Waals surface area contributed by atoms with Gasteiger partial charge in [0.25, 0.3) is 0 Å². The molecule has 1 aromatic heterocycles. The van der Waals surface area contributed by atoms with E-state index in [-0.39, 0.29) is 18.4 Å². The molecule has 2 heterocycles. The Hall–Kier alpha value is -1.67. The van der Waals surface area contributed by atoms with Crippen molar-refractivity contribution in [1.82, 2.24) is 4.98 Å². The van der Waals surface area contributed by atoms with E-state index in [1.807, 2.05) is 5.38 Å². The van der Waals surface area contributed by atoms with Gasteiger partial charge in [0.1, 0.15) is 0 Å². The van der Waals surface area contributed by atoms with Crippen molar-refractivity contribution >= 4 is 51.5 Å². The molecular formula is C22H24Cl2N2O4S. The van der Waals surface area contributed by atoms with Crippen LogP contribution in [0, 0.1) is 11.8 Å². The minimum atomic E-state index is -0.952. The third kappa shape index (κ3) is 5.58. The van der Waals surface area contributed by atoms with Gasteiger partial charge in [0, 0.05) is 41.1 Å². The van der Waals surface area contributed by atoms with Crippen LogP contribution in [-0.2, 0) is 14.3 Å². The number of benzene rings is 1. The SMILES string of the molecule is O=C(O)C[C@@H](CC1CCOCC1)C(=O)N(c1nc(-c2cc(Cl)ccc2Cl)cs1)C1CC1. The highest BCUT2D eigenvalue weighted by atomic mass is 35.5. The Kier molecular flexibility index (Phi) is 7.16. The molecular weight excluding hydrogens is 459 g/mol. The van der Waals surface area contributed by atoms with Gasteiger partial charge in [-0.1, -0.05) is 23.2 Å². The van der Waals surface area contributed by atoms with Crippen LogP contribution in [0.4, 0.5) is 5.13 Å². The number of rotatable bonds is 8. The molecule has 1 amide bonds. The Bertz CT molecular complexity index is 957. The van der Waals surface area contributed by atoms with Gasteiger partial charge in [-0.2, -0.15) is 0 Å². The van der Waals surface area contributed by atoms with Gasteiger partial charge in [0.05, 0.1) is 17.1 Å². The number of aromatic nitrogens is 1. The molecule has 9 heteroatoms. The highest BCUT2D eigenvalue weighted by Gasteiger charge is 2.40. The summed E-state index contributed by atoms with van der Waals surface area (Å²) in [4.78, 5) is 31.5. The lowest BCUT2D eigenvalue weighted by atomic mass is 9.86. The number of carbonyl (C=O) groups is 2. The van der Waals surface area contributed by atoms with Crippen molar-refractivity contribution < 1.29 is 19.4 Å². The number of carboxylic acids is 1. The molecule has 0 radical (unpaired) electrons. The van der Waals surface area contributed by atoms with Crippen LogP contribution in [-0.4, -0.2) is 41.2 Å². The van der Waals surface area contributed by atoms with E-state index in [2.05, 4.69) is 4.98 Å². The van der Waals surface area contributed by atoms with E-state index in [0.717, 1.165) is 25.7 Å². The van der Waals surface area contributed by atoms with E-state index in [1.165, 1.54) is 11.3 Å². The molecule has 1 aliphatic carbocycles. The number of ether oxygens (including phenoxy) is 1. The molecule has 166 valence electrons. The van der Waals surface area contributed by atoms with Crippen molar-refractivity contribution in [2.75, 3.05) is 18.1 Å². The van der Waals surface area contributed by atoms with Gasteiger partial charge in [-0.15, -0.1) is 11.3 Å². The Labute approximate surface area is 195 Å². The number of carboxylic acid groups (broad SMARTS) is 1. The van der Waals surface area contributed by atoms with Gasteiger partial charge in [0.2, 0.25) is 5.91 Å². The van der Waals surface area contributed by atoms with Crippen LogP contribution in [0.2, 0.25) is 10.0 Å². The smallest absolute Gasteiger partial charge is 0.304 e. The lowest BCUT2D eigenvalue weighted by Gasteiger charge is -2.29. The minimum absolute atomic E-state index is 0.0762. The molecule has 1 atom stereocenters. The van der Waals surface area contributed by atoms with E-state index in [4.69, 9.17) is 27.9 Å². The molecule has 1 saturated heterocycles. The summed E-state index contributed by atoms with van der Waals surface area (Å²) in [7, 11) is 0. The van der Waals surface area contributed by atoms with Gasteiger partial charge in [-0.25, -0.2) is 4.98 Å². The van der Waals surface area contributed by atoms with Gasteiger partial charge < -0.3 is 9.84 Å². The number of hydrogen-bond acceptors (Lipinski definition) is 5. The molecule has 31 heavy (non-hydrogen) atoms. The number of aliphatic carboxylic acids is 1. The van der Waals surface area contributed by atoms with Gasteiger partial charge in [-0.05, 0) is 56.2 Å². The second-order valence-electron chi connectivity index (χ2n) is 8.17. The van der Waals surface area contributed by atoms with Crippen molar-refractivity contribution in [3.63, 3.8) is 0 Å². The third-order valence-electron chi connectivity index (χ3n) is 5.78. The molecule has 2 aromatic rings. The predicted molar refractivity (Wildman–Crippen MR) is 122 cm³/mol. The quantitative estimate of drug-likeness (QED) is 0.535. The van der Waals surface area contributed by atoms with E-state index >= 15 is 0 Å². The van der Waals surface area contributed by atoms with Crippen LogP contribution in [0.15, 0.2) is 23.6 Å². The fraction of sp³-hybridized carbons (Fsp3) is 0.500. The zero-order valence-electron chi connectivity index (χ0n) is 16.9. The molecule has 0 spiro atoms. The monoisotopic (exact) mass is 482 g/mol. The average molecular weight is 483 g/mol. The molecule has 0 unspecified atom stereocenters. The number of nitrogens with zero attached hydrogens (tertiary/aromatic N) is 2. The Balaban J connectivity index is 1.58. The first kappa shape index (κ1) is 22.5. The summed E-state index contributed by atoms with van der Waals surface area (Å²) < 4.78 is 5.41. The molecule has 1 saturated carbocycles. The predicted octanol–water partition coefficient (Wildman–Crippen LogP) is 5.52. The Morgan fingerprint density at radius 2 is 1.97 bits per heavy atom. The van der Waals surface area contributed by atoms with E-state index in [0.29, 0.717) is 52.0 Å². The van der Waals surface area contributed by atoms with Crippen molar-refractivity contribution in [1.29, 1.82) is 0 Å². The summed E-state index contributed by atoms with van der Waals surface area (Å²) in [5.41, 5.74) is 1.37. The van der Waals surface area contributed by atoms with Crippen molar-refractivity contribution in [2.24, 2.45) is 11.8 Å². The lowest BCUT2D eigenvalue weighted by molar-refractivity contribution is -0.141. The maximum atomic E-state index is 13.6. The summed E-state index contributed by atoms with van der Waals surface area (Å²) in [5, 5.41) is 13.0. The van der Waals surface area contributed by atoms with Crippen LogP contribution in [0.1, 0.15) is 38.5 Å². The topological polar surface area (TPSA) is 79.7 Å². The maximum absolute atomic E-state index is 13.6. The van der Waals surface area contributed by atoms with Crippen LogP contribution in [0.5, 0.6) is 0 Å². The largest absolute Gasteiger partial charge is 0.481 e. The number of hydrogen-bond donors (Lipinski definition) is 1. The van der Waals surface area contributed by atoms with Crippen molar-refractivity contribution in [3.05, 3.63) is 33.6 Å². The van der Waals surface area contributed by atoms with Gasteiger partial charge in [-0.3, -0.25) is 14.5 Å². The van der Waals surface area contributed by atoms with Crippen LogP contribution >= 0.6 is 34.5 Å². The Morgan fingerprint density at radius 3 is 2.65 bits per heavy atom. The first-order valence-electron chi connectivity index (χ1n) is 10.5. The first-order valence-corrected chi connectivity index (χ1v) is 12.1. The van der Waals surface area contributed by atoms with Crippen LogP contribution in [0.3, 0.4) is 0 Å². The fourth-order valence-electron chi connectivity index (χ4n) is 4.02. The van der Waals surface area contributed by atoms with Crippen molar-refractivity contribution in [2.45, 2.75) is 44.6 Å². The number of carbonyl (C=O) groups excluding carboxylic acids is 1. The summed E-state index contributed by atoms with van der Waals surface area (Å²) >= 11 is 13.8. The molecule has 0 bridgehead atoms. The number of anilines is 1. The normalized spacial score (nSPS) is 18.0. The zero-order chi connectivity index (χ0) is 22.0. The summed E-state index contributed by atoms with van der Waals surface area (Å²) in [6.45, 7) is 1.34. The van der Waals surface area contributed by atoms with E-state index in [9.17, 15) is 14.7 Å². The van der Waals surface area contributed by atoms with Gasteiger partial charge >= 0.3 is 5.97 Å². The molecule has 1 aromatic carbocycles. The lowest BCUT2D eigenvalue weighted by Crippen LogP contribution is -2.40. The molecule has 2 fully saturated rings. The van der Waals surface area contributed by atoms with Crippen LogP contribution < -0.4 is 4.90 Å². The third-order valence-corrected chi connectivity index (χ3v) is 7.19. The first-order chi connectivity index (χ1) is 14.9. The molecule has 2 aliphatic rings. The molecule has 1 aliphatic heterocycles. The summed E-state index contributed by atoms with van der Waals surface area (Å²) in [6.07, 6.45) is 3.92. The molecule has 4 rings (SSSR count). The highest BCUT2D eigenvalue weighted by molar-refractivity contribution is 7.14. The number of amides is 1. The second-order valence-corrected chi connectivity index (χ2v) is 9.85. The Morgan fingerprint density at radius 1 is 1.23 bits per heavy atom. The number of halogens is 2. The molecule has 1 N–H and O–H groups in total. The maximum Gasteiger partial charge on any atom is 0.304 e. The highest BCUT2D eigenvalue weighted by Crippen LogP contribution is 2.39. The van der Waals surface area contributed by atoms with E-state index in [1.54, 1.807) is 23.1 Å². The minimum Gasteiger partial charge on any atom is -0.481 e. The van der Waals surface area contributed by atoms with Crippen LogP contribution in [0.25, 0.3) is 11.3 Å². The zero-order valence-corrected chi connectivity index (χ0v) is 19.3. The summed E-state index contributed by atoms with van der Waals surface area (Å²) in [6, 6.07) is 5.27. The standard InChI is InChI=1S/C22H24Cl2N2O4S/c23-15-1-4-18(24)17(11-15)19-12-31-22(25-19)26(16-2-3-16)21(29)14(10-20(27)28)9-13-5-7-30-8-6-13/h1,4,11-14,16H,2-3,5-10H2,(H,27,28)/t14-/m1/s1. The summed E-state index contributed by atoms with van der Waals surface area (Å²) in [5.74, 6) is -1.36. The number of thiazole rings is 1.